The number of hydrogen-bond donors (Lipinski definition) is 1. The van der Waals surface area contributed by atoms with Gasteiger partial charge in [0.15, 0.2) is 0 Å². The molecule has 1 aromatic carbocycles. The van der Waals surface area contributed by atoms with Crippen LogP contribution in [-0.4, -0.2) is 20.8 Å². The molecule has 0 bridgehead atoms. The highest BCUT2D eigenvalue weighted by atomic mass is 16.5. The number of unbranched alkanes of at least 4 members (excludes halogenated alkanes) is 1. The zero-order valence-corrected chi connectivity index (χ0v) is 9.95. The third kappa shape index (κ3) is 3.85. The van der Waals surface area contributed by atoms with E-state index in [-0.39, 0.29) is 0 Å². The molecule has 0 saturated carbocycles. The second-order valence-corrected chi connectivity index (χ2v) is 3.46. The van der Waals surface area contributed by atoms with Gasteiger partial charge in [-0.25, -0.2) is 0 Å². The van der Waals surface area contributed by atoms with E-state index in [2.05, 4.69) is 11.9 Å². The van der Waals surface area contributed by atoms with Gasteiger partial charge in [0.2, 0.25) is 0 Å². The highest BCUT2D eigenvalue weighted by Gasteiger charge is 2.00. The normalized spacial score (nSPS) is 9.62. The largest absolute Gasteiger partial charge is 0.497 e. The first-order valence-electron chi connectivity index (χ1n) is 5.38. The van der Waals surface area contributed by atoms with Gasteiger partial charge in [0.1, 0.15) is 11.5 Å². The van der Waals surface area contributed by atoms with E-state index in [4.69, 9.17) is 9.47 Å². The van der Waals surface area contributed by atoms with Crippen molar-refractivity contribution in [3.63, 3.8) is 0 Å². The zero-order valence-electron chi connectivity index (χ0n) is 9.95. The van der Waals surface area contributed by atoms with Gasteiger partial charge in [-0.05, 0) is 12.8 Å². The van der Waals surface area contributed by atoms with E-state index in [1.165, 1.54) is 0 Å². The lowest BCUT2D eigenvalue weighted by molar-refractivity contribution is 0.394. The Balaban J connectivity index is 2.60. The Bertz CT molecular complexity index is 314. The monoisotopic (exact) mass is 221 g/mol. The molecular weight excluding hydrogens is 202 g/mol. The first-order valence-corrected chi connectivity index (χ1v) is 5.38. The van der Waals surface area contributed by atoms with Crippen LogP contribution in [-0.2, 0) is 0 Å². The van der Waals surface area contributed by atoms with Crippen LogP contribution >= 0.6 is 0 Å². The molecule has 3 heteroatoms. The quantitative estimate of drug-likeness (QED) is 0.567. The fourth-order valence-corrected chi connectivity index (χ4v) is 1.39. The lowest BCUT2D eigenvalue weighted by atomic mass is 10.2. The van der Waals surface area contributed by atoms with Gasteiger partial charge in [0.05, 0.1) is 14.2 Å². The van der Waals surface area contributed by atoms with E-state index in [9.17, 15) is 0 Å². The molecule has 0 amide bonds. The van der Waals surface area contributed by atoms with Gasteiger partial charge in [0.25, 0.3) is 0 Å². The Morgan fingerprint density at radius 3 is 2.31 bits per heavy atom. The first-order chi connectivity index (χ1) is 7.80. The number of hydrogen-bond acceptors (Lipinski definition) is 3. The molecule has 0 unspecified atom stereocenters. The number of benzene rings is 1. The van der Waals surface area contributed by atoms with E-state index in [0.717, 1.165) is 36.6 Å². The SMILES string of the molecule is C=CCCCNc1cc(OC)cc(OC)c1. The molecular formula is C13H19NO2. The van der Waals surface area contributed by atoms with E-state index in [1.54, 1.807) is 14.2 Å². The predicted octanol–water partition coefficient (Wildman–Crippen LogP) is 3.08. The third-order valence-corrected chi connectivity index (χ3v) is 2.27. The summed E-state index contributed by atoms with van der Waals surface area (Å²) in [6, 6.07) is 5.77. The minimum Gasteiger partial charge on any atom is -0.497 e. The molecule has 0 aromatic heterocycles. The van der Waals surface area contributed by atoms with E-state index < -0.39 is 0 Å². The Morgan fingerprint density at radius 2 is 1.81 bits per heavy atom. The highest BCUT2D eigenvalue weighted by Crippen LogP contribution is 2.25. The fraction of sp³-hybridized carbons (Fsp3) is 0.385. The molecule has 0 radical (unpaired) electrons. The molecule has 0 aliphatic rings. The van der Waals surface area contributed by atoms with Gasteiger partial charge < -0.3 is 14.8 Å². The smallest absolute Gasteiger partial charge is 0.124 e. The maximum atomic E-state index is 5.19. The molecule has 0 heterocycles. The van der Waals surface area contributed by atoms with E-state index >= 15 is 0 Å². The van der Waals surface area contributed by atoms with Crippen LogP contribution in [0.25, 0.3) is 0 Å². The van der Waals surface area contributed by atoms with Gasteiger partial charge in [-0.3, -0.25) is 0 Å². The predicted molar refractivity (Wildman–Crippen MR) is 67.5 cm³/mol. The summed E-state index contributed by atoms with van der Waals surface area (Å²) in [5.74, 6) is 1.59. The van der Waals surface area contributed by atoms with Crippen molar-refractivity contribution >= 4 is 5.69 Å². The molecule has 1 N–H and O–H groups in total. The van der Waals surface area contributed by atoms with Gasteiger partial charge in [-0.15, -0.1) is 6.58 Å². The minimum absolute atomic E-state index is 0.797. The highest BCUT2D eigenvalue weighted by molar-refractivity contribution is 5.53. The summed E-state index contributed by atoms with van der Waals surface area (Å²) in [6.07, 6.45) is 4.02. The molecule has 0 spiro atoms. The van der Waals surface area contributed by atoms with Crippen molar-refractivity contribution in [2.75, 3.05) is 26.1 Å². The van der Waals surface area contributed by atoms with Crippen LogP contribution in [0.4, 0.5) is 5.69 Å². The van der Waals surface area contributed by atoms with Gasteiger partial charge in [-0.2, -0.15) is 0 Å². The number of nitrogens with one attached hydrogen (secondary N) is 1. The molecule has 88 valence electrons. The topological polar surface area (TPSA) is 30.5 Å². The second kappa shape index (κ2) is 6.77. The lowest BCUT2D eigenvalue weighted by Crippen LogP contribution is -2.01. The number of anilines is 1. The van der Waals surface area contributed by atoms with Crippen molar-refractivity contribution in [3.8, 4) is 11.5 Å². The van der Waals surface area contributed by atoms with Crippen LogP contribution in [0.3, 0.4) is 0 Å². The molecule has 0 aliphatic heterocycles. The maximum absolute atomic E-state index is 5.19. The molecule has 0 saturated heterocycles. The second-order valence-electron chi connectivity index (χ2n) is 3.46. The molecule has 3 nitrogen and oxygen atoms in total. The minimum atomic E-state index is 0.797. The Hall–Kier alpha value is -1.64. The Labute approximate surface area is 97.1 Å². The summed E-state index contributed by atoms with van der Waals surface area (Å²) in [5, 5.41) is 3.32. The van der Waals surface area contributed by atoms with Crippen molar-refractivity contribution in [3.05, 3.63) is 30.9 Å². The summed E-state index contributed by atoms with van der Waals surface area (Å²) in [6.45, 7) is 4.61. The molecule has 1 rings (SSSR count). The van der Waals surface area contributed by atoms with Crippen molar-refractivity contribution in [2.45, 2.75) is 12.8 Å². The molecule has 16 heavy (non-hydrogen) atoms. The average molecular weight is 221 g/mol. The molecule has 0 fully saturated rings. The fourth-order valence-electron chi connectivity index (χ4n) is 1.39. The molecule has 0 atom stereocenters. The van der Waals surface area contributed by atoms with Crippen molar-refractivity contribution in [1.29, 1.82) is 0 Å². The van der Waals surface area contributed by atoms with Crippen LogP contribution in [0.5, 0.6) is 11.5 Å². The van der Waals surface area contributed by atoms with E-state index in [1.807, 2.05) is 24.3 Å². The van der Waals surface area contributed by atoms with Crippen molar-refractivity contribution in [1.82, 2.24) is 0 Å². The Morgan fingerprint density at radius 1 is 1.19 bits per heavy atom. The van der Waals surface area contributed by atoms with Gasteiger partial charge in [0, 0.05) is 30.4 Å². The van der Waals surface area contributed by atoms with Gasteiger partial charge >= 0.3 is 0 Å². The first kappa shape index (κ1) is 12.4. The summed E-state index contributed by atoms with van der Waals surface area (Å²) in [4.78, 5) is 0. The maximum Gasteiger partial charge on any atom is 0.124 e. The summed E-state index contributed by atoms with van der Waals surface area (Å²) in [7, 11) is 3.30. The zero-order chi connectivity index (χ0) is 11.8. The number of ether oxygens (including phenoxy) is 2. The van der Waals surface area contributed by atoms with Crippen molar-refractivity contribution in [2.24, 2.45) is 0 Å². The van der Waals surface area contributed by atoms with Crippen LogP contribution < -0.4 is 14.8 Å². The standard InChI is InChI=1S/C13H19NO2/c1-4-5-6-7-14-11-8-12(15-2)10-13(9-11)16-3/h4,8-10,14H,1,5-7H2,2-3H3. The average Bonchev–Trinajstić information content (AvgIpc) is 2.34. The summed E-state index contributed by atoms with van der Waals surface area (Å²) in [5.41, 5.74) is 1.01. The number of methoxy groups -OCH3 is 2. The van der Waals surface area contributed by atoms with Crippen LogP contribution in [0.2, 0.25) is 0 Å². The summed E-state index contributed by atoms with van der Waals surface area (Å²) < 4.78 is 10.4. The molecule has 0 aliphatic carbocycles. The van der Waals surface area contributed by atoms with Crippen molar-refractivity contribution < 1.29 is 9.47 Å². The Kier molecular flexibility index (Phi) is 5.26. The number of allylic oxidation sites excluding steroid dienone is 1. The molecule has 1 aromatic rings. The number of rotatable bonds is 7. The summed E-state index contributed by atoms with van der Waals surface area (Å²) >= 11 is 0. The third-order valence-electron chi connectivity index (χ3n) is 2.27. The van der Waals surface area contributed by atoms with E-state index in [0.29, 0.717) is 0 Å². The van der Waals surface area contributed by atoms with Gasteiger partial charge in [-0.1, -0.05) is 6.08 Å². The van der Waals surface area contributed by atoms with Crippen LogP contribution in [0, 0.1) is 0 Å². The lowest BCUT2D eigenvalue weighted by Gasteiger charge is -2.10. The van der Waals surface area contributed by atoms with Crippen LogP contribution in [0.15, 0.2) is 30.9 Å². The van der Waals surface area contributed by atoms with Crippen LogP contribution in [0.1, 0.15) is 12.8 Å².